The van der Waals surface area contributed by atoms with Crippen LogP contribution in [-0.2, 0) is 4.79 Å². The molecule has 1 N–H and O–H groups in total. The van der Waals surface area contributed by atoms with Gasteiger partial charge in [0.1, 0.15) is 6.04 Å². The third kappa shape index (κ3) is 4.24. The van der Waals surface area contributed by atoms with Crippen LogP contribution in [0.4, 0.5) is 0 Å². The summed E-state index contributed by atoms with van der Waals surface area (Å²) in [5.41, 5.74) is 2.30. The third-order valence-corrected chi connectivity index (χ3v) is 6.13. The minimum Gasteiger partial charge on any atom is -0.351 e. The third-order valence-electron chi connectivity index (χ3n) is 5.63. The number of carbonyl (C=O) groups excluding carboxylic acids is 2. The van der Waals surface area contributed by atoms with Crippen LogP contribution in [0.5, 0.6) is 0 Å². The summed E-state index contributed by atoms with van der Waals surface area (Å²) in [4.78, 5) is 28.4. The Hall–Kier alpha value is -2.28. The highest BCUT2D eigenvalue weighted by atomic mass is 32.1. The Morgan fingerprint density at radius 2 is 1.82 bits per heavy atom. The molecule has 6 nitrogen and oxygen atoms in total. The predicted molar refractivity (Wildman–Crippen MR) is 108 cm³/mol. The molecule has 1 aromatic heterocycles. The first-order valence-electron chi connectivity index (χ1n) is 10.1. The highest BCUT2D eigenvalue weighted by Gasteiger charge is 2.42. The molecule has 7 heteroatoms. The lowest BCUT2D eigenvalue weighted by atomic mass is 9.94. The summed E-state index contributed by atoms with van der Waals surface area (Å²) >= 11 is 1.15. The number of nitrogens with zero attached hydrogens (tertiary/aromatic N) is 3. The molecule has 4 rings (SSSR count). The van der Waals surface area contributed by atoms with Gasteiger partial charge in [-0.3, -0.25) is 9.59 Å². The number of aromatic nitrogens is 2. The van der Waals surface area contributed by atoms with Crippen molar-refractivity contribution in [2.45, 2.75) is 70.0 Å². The average molecular weight is 399 g/mol. The van der Waals surface area contributed by atoms with Gasteiger partial charge in [-0.25, -0.2) is 0 Å². The lowest BCUT2D eigenvalue weighted by molar-refractivity contribution is -0.127. The first-order chi connectivity index (χ1) is 13.6. The van der Waals surface area contributed by atoms with Gasteiger partial charge in [-0.2, -0.15) is 0 Å². The molecule has 1 atom stereocenters. The fraction of sp³-hybridized carbons (Fsp3) is 0.524. The second-order valence-corrected chi connectivity index (χ2v) is 8.50. The lowest BCUT2D eigenvalue weighted by Crippen LogP contribution is -2.48. The summed E-state index contributed by atoms with van der Waals surface area (Å²) in [7, 11) is 0. The maximum Gasteiger partial charge on any atom is 0.276 e. The highest BCUT2D eigenvalue weighted by molar-refractivity contribution is 7.03. The van der Waals surface area contributed by atoms with E-state index < -0.39 is 6.04 Å². The number of nitrogens with one attached hydrogen (secondary N) is 1. The molecule has 2 aliphatic rings. The SMILES string of the molecule is Cc1ccc([C@@H](C(=O)NC2CCCCC2)N(C(=O)c2csnn2)C2CC2)cc1. The molecule has 2 amide bonds. The number of rotatable bonds is 6. The Morgan fingerprint density at radius 3 is 2.43 bits per heavy atom. The van der Waals surface area contributed by atoms with Crippen molar-refractivity contribution < 1.29 is 9.59 Å². The first kappa shape index (κ1) is 19.1. The van der Waals surface area contributed by atoms with E-state index in [1.807, 2.05) is 31.2 Å². The van der Waals surface area contributed by atoms with Crippen molar-refractivity contribution in [1.29, 1.82) is 0 Å². The number of hydrogen-bond acceptors (Lipinski definition) is 5. The summed E-state index contributed by atoms with van der Waals surface area (Å²) in [6, 6.07) is 7.56. The van der Waals surface area contributed by atoms with Crippen molar-refractivity contribution in [3.05, 3.63) is 46.5 Å². The molecular formula is C21H26N4O2S. The van der Waals surface area contributed by atoms with E-state index in [0.29, 0.717) is 5.69 Å². The van der Waals surface area contributed by atoms with Crippen LogP contribution >= 0.6 is 11.5 Å². The van der Waals surface area contributed by atoms with E-state index in [-0.39, 0.29) is 23.9 Å². The largest absolute Gasteiger partial charge is 0.351 e. The zero-order chi connectivity index (χ0) is 19.5. The summed E-state index contributed by atoms with van der Waals surface area (Å²) in [6.45, 7) is 2.02. The highest BCUT2D eigenvalue weighted by Crippen LogP contribution is 2.36. The zero-order valence-electron chi connectivity index (χ0n) is 16.1. The minimum absolute atomic E-state index is 0.0811. The Balaban J connectivity index is 1.65. The van der Waals surface area contributed by atoms with Crippen LogP contribution in [0, 0.1) is 6.92 Å². The van der Waals surface area contributed by atoms with Crippen LogP contribution in [0.1, 0.15) is 72.6 Å². The van der Waals surface area contributed by atoms with Crippen LogP contribution in [0.15, 0.2) is 29.6 Å². The fourth-order valence-corrected chi connectivity index (χ4v) is 4.38. The van der Waals surface area contributed by atoms with Gasteiger partial charge in [0.05, 0.1) is 0 Å². The molecule has 0 aliphatic heterocycles. The Bertz CT molecular complexity index is 811. The number of amides is 2. The normalized spacial score (nSPS) is 18.5. The van der Waals surface area contributed by atoms with Gasteiger partial charge in [0.25, 0.3) is 5.91 Å². The van der Waals surface area contributed by atoms with Gasteiger partial charge in [0, 0.05) is 17.5 Å². The molecule has 28 heavy (non-hydrogen) atoms. The first-order valence-corrected chi connectivity index (χ1v) is 10.9. The van der Waals surface area contributed by atoms with E-state index >= 15 is 0 Å². The van der Waals surface area contributed by atoms with Crippen molar-refractivity contribution in [1.82, 2.24) is 19.8 Å². The molecule has 0 spiro atoms. The second kappa shape index (κ2) is 8.39. The lowest BCUT2D eigenvalue weighted by Gasteiger charge is -2.33. The minimum atomic E-state index is -0.635. The Kier molecular flexibility index (Phi) is 5.71. The molecular weight excluding hydrogens is 372 g/mol. The predicted octanol–water partition coefficient (Wildman–Crippen LogP) is 3.64. The van der Waals surface area contributed by atoms with Crippen molar-refractivity contribution >= 4 is 23.3 Å². The standard InChI is InChI=1S/C21H26N4O2S/c1-14-7-9-15(10-8-14)19(20(26)22-16-5-3-2-4-6-16)25(17-11-12-17)21(27)18-13-28-24-23-18/h7-10,13,16-17,19H,2-6,11-12H2,1H3,(H,22,26)/t19-/m0/s1. The van der Waals surface area contributed by atoms with Crippen molar-refractivity contribution in [3.8, 4) is 0 Å². The molecule has 0 saturated heterocycles. The number of hydrogen-bond donors (Lipinski definition) is 1. The van der Waals surface area contributed by atoms with Crippen molar-refractivity contribution in [2.24, 2.45) is 0 Å². The number of carbonyl (C=O) groups is 2. The summed E-state index contributed by atoms with van der Waals surface area (Å²) in [5, 5.41) is 8.84. The monoisotopic (exact) mass is 398 g/mol. The smallest absolute Gasteiger partial charge is 0.276 e. The zero-order valence-corrected chi connectivity index (χ0v) is 17.0. The van der Waals surface area contributed by atoms with E-state index in [1.54, 1.807) is 10.3 Å². The topological polar surface area (TPSA) is 75.2 Å². The molecule has 1 heterocycles. The van der Waals surface area contributed by atoms with E-state index in [0.717, 1.165) is 61.2 Å². The maximum absolute atomic E-state index is 13.4. The van der Waals surface area contributed by atoms with Crippen LogP contribution in [0.25, 0.3) is 0 Å². The molecule has 0 bridgehead atoms. The van der Waals surface area contributed by atoms with E-state index in [1.165, 1.54) is 6.42 Å². The quantitative estimate of drug-likeness (QED) is 0.806. The molecule has 2 aromatic rings. The molecule has 2 fully saturated rings. The average Bonchev–Trinajstić information content (AvgIpc) is 3.39. The van der Waals surface area contributed by atoms with Crippen LogP contribution in [0.3, 0.4) is 0 Å². The molecule has 1 aromatic carbocycles. The van der Waals surface area contributed by atoms with E-state index in [4.69, 9.17) is 0 Å². The van der Waals surface area contributed by atoms with Gasteiger partial charge in [0.2, 0.25) is 5.91 Å². The van der Waals surface area contributed by atoms with Gasteiger partial charge >= 0.3 is 0 Å². The van der Waals surface area contributed by atoms with Crippen LogP contribution in [-0.4, -0.2) is 38.4 Å². The summed E-state index contributed by atoms with van der Waals surface area (Å²) < 4.78 is 3.83. The van der Waals surface area contributed by atoms with Crippen molar-refractivity contribution in [3.63, 3.8) is 0 Å². The van der Waals surface area contributed by atoms with E-state index in [9.17, 15) is 9.59 Å². The van der Waals surface area contributed by atoms with Crippen LogP contribution in [0.2, 0.25) is 0 Å². The van der Waals surface area contributed by atoms with Crippen molar-refractivity contribution in [2.75, 3.05) is 0 Å². The summed E-state index contributed by atoms with van der Waals surface area (Å²) in [6.07, 6.45) is 7.40. The fourth-order valence-electron chi connectivity index (χ4n) is 3.95. The van der Waals surface area contributed by atoms with Gasteiger partial charge < -0.3 is 10.2 Å². The summed E-state index contributed by atoms with van der Waals surface area (Å²) in [5.74, 6) is -0.292. The molecule has 2 aliphatic carbocycles. The van der Waals surface area contributed by atoms with E-state index in [2.05, 4.69) is 14.9 Å². The Morgan fingerprint density at radius 1 is 1.11 bits per heavy atom. The van der Waals surface area contributed by atoms with Gasteiger partial charge in [-0.1, -0.05) is 53.6 Å². The molecule has 0 unspecified atom stereocenters. The van der Waals surface area contributed by atoms with Gasteiger partial charge in [-0.15, -0.1) is 5.10 Å². The maximum atomic E-state index is 13.4. The number of aryl methyl sites for hydroxylation is 1. The molecule has 2 saturated carbocycles. The molecule has 148 valence electrons. The molecule has 0 radical (unpaired) electrons. The van der Waals surface area contributed by atoms with Gasteiger partial charge in [0.15, 0.2) is 5.69 Å². The number of benzene rings is 1. The van der Waals surface area contributed by atoms with Crippen LogP contribution < -0.4 is 5.32 Å². The second-order valence-electron chi connectivity index (χ2n) is 7.89. The Labute approximate surface area is 169 Å². The van der Waals surface area contributed by atoms with Gasteiger partial charge in [-0.05, 0) is 49.7 Å².